The van der Waals surface area contributed by atoms with E-state index in [1.54, 1.807) is 18.3 Å². The zero-order valence-electron chi connectivity index (χ0n) is 11.7. The van der Waals surface area contributed by atoms with Crippen molar-refractivity contribution >= 4 is 11.6 Å². The number of carbonyl (C=O) groups excluding carboxylic acids is 1. The Bertz CT molecular complexity index is 612. The molecular formula is C14H18N4O3. The van der Waals surface area contributed by atoms with Gasteiger partial charge in [-0.3, -0.25) is 4.79 Å². The zero-order chi connectivity index (χ0) is 15.2. The van der Waals surface area contributed by atoms with Crippen LogP contribution in [0.5, 0.6) is 0 Å². The van der Waals surface area contributed by atoms with E-state index in [1.807, 2.05) is 18.2 Å². The number of hydrogen-bond acceptors (Lipinski definition) is 5. The number of nitrogens with one attached hydrogen (secondary N) is 1. The highest BCUT2D eigenvalue weighted by Gasteiger charge is 2.12. The van der Waals surface area contributed by atoms with Gasteiger partial charge in [-0.1, -0.05) is 12.1 Å². The predicted molar refractivity (Wildman–Crippen MR) is 78.2 cm³/mol. The van der Waals surface area contributed by atoms with Crippen LogP contribution in [-0.4, -0.2) is 47.2 Å². The van der Waals surface area contributed by atoms with Crippen LogP contribution in [0.25, 0.3) is 5.69 Å². The van der Waals surface area contributed by atoms with Gasteiger partial charge in [0, 0.05) is 19.9 Å². The SMILES string of the molecule is COCC(O)CNC(=O)c1ccn(-c2ccccc2N)n1. The van der Waals surface area contributed by atoms with Gasteiger partial charge in [0.2, 0.25) is 0 Å². The van der Waals surface area contributed by atoms with Gasteiger partial charge in [-0.2, -0.15) is 5.10 Å². The number of aromatic nitrogens is 2. The van der Waals surface area contributed by atoms with E-state index in [4.69, 9.17) is 10.5 Å². The molecular weight excluding hydrogens is 272 g/mol. The van der Waals surface area contributed by atoms with Crippen LogP contribution in [0.3, 0.4) is 0 Å². The number of carbonyl (C=O) groups is 1. The normalized spacial score (nSPS) is 12.1. The maximum absolute atomic E-state index is 11.9. The molecule has 0 spiro atoms. The molecule has 4 N–H and O–H groups in total. The Labute approximate surface area is 122 Å². The topological polar surface area (TPSA) is 102 Å². The summed E-state index contributed by atoms with van der Waals surface area (Å²) >= 11 is 0. The molecule has 21 heavy (non-hydrogen) atoms. The Morgan fingerprint density at radius 2 is 2.24 bits per heavy atom. The number of benzene rings is 1. The predicted octanol–water partition coefficient (Wildman–Crippen LogP) is 0.192. The van der Waals surface area contributed by atoms with E-state index in [0.29, 0.717) is 11.4 Å². The molecule has 1 aromatic carbocycles. The fourth-order valence-electron chi connectivity index (χ4n) is 1.83. The Morgan fingerprint density at radius 3 is 2.95 bits per heavy atom. The standard InChI is InChI=1S/C14H18N4O3/c1-21-9-10(19)8-16-14(20)12-6-7-18(17-12)13-5-3-2-4-11(13)15/h2-7,10,19H,8-9,15H2,1H3,(H,16,20). The molecule has 0 radical (unpaired) electrons. The van der Waals surface area contributed by atoms with Crippen molar-refractivity contribution in [2.75, 3.05) is 26.0 Å². The number of ether oxygens (including phenoxy) is 1. The van der Waals surface area contributed by atoms with E-state index in [1.165, 1.54) is 11.8 Å². The number of amides is 1. The molecule has 0 aliphatic rings. The maximum atomic E-state index is 11.9. The first-order chi connectivity index (χ1) is 10.1. The molecule has 2 aromatic rings. The van der Waals surface area contributed by atoms with Gasteiger partial charge in [-0.15, -0.1) is 0 Å². The van der Waals surface area contributed by atoms with E-state index in [-0.39, 0.29) is 24.8 Å². The Hall–Kier alpha value is -2.38. The number of rotatable bonds is 6. The average molecular weight is 290 g/mol. The minimum atomic E-state index is -0.745. The fourth-order valence-corrected chi connectivity index (χ4v) is 1.83. The lowest BCUT2D eigenvalue weighted by molar-refractivity contribution is 0.0608. The van der Waals surface area contributed by atoms with Gasteiger partial charge in [0.05, 0.1) is 24.1 Å². The summed E-state index contributed by atoms with van der Waals surface area (Å²) in [6.45, 7) is 0.266. The van der Waals surface area contributed by atoms with Crippen molar-refractivity contribution in [1.82, 2.24) is 15.1 Å². The highest BCUT2D eigenvalue weighted by molar-refractivity contribution is 5.92. The van der Waals surface area contributed by atoms with Gasteiger partial charge < -0.3 is 20.9 Å². The fraction of sp³-hybridized carbons (Fsp3) is 0.286. The summed E-state index contributed by atoms with van der Waals surface area (Å²) < 4.78 is 6.32. The summed E-state index contributed by atoms with van der Waals surface area (Å²) in [4.78, 5) is 11.9. The van der Waals surface area contributed by atoms with E-state index in [0.717, 1.165) is 0 Å². The molecule has 0 saturated carbocycles. The number of nitrogens with two attached hydrogens (primary N) is 1. The first-order valence-electron chi connectivity index (χ1n) is 6.47. The monoisotopic (exact) mass is 290 g/mol. The lowest BCUT2D eigenvalue weighted by atomic mass is 10.3. The van der Waals surface area contributed by atoms with Crippen molar-refractivity contribution in [3.05, 3.63) is 42.2 Å². The number of hydrogen-bond donors (Lipinski definition) is 3. The number of nitrogens with zero attached hydrogens (tertiary/aromatic N) is 2. The molecule has 1 amide bonds. The zero-order valence-corrected chi connectivity index (χ0v) is 11.7. The summed E-state index contributed by atoms with van der Waals surface area (Å²) in [5, 5.41) is 16.2. The second-order valence-corrected chi connectivity index (χ2v) is 4.52. The summed E-state index contributed by atoms with van der Waals surface area (Å²) in [6.07, 6.45) is 0.914. The second-order valence-electron chi connectivity index (χ2n) is 4.52. The molecule has 7 nitrogen and oxygen atoms in total. The lowest BCUT2D eigenvalue weighted by Gasteiger charge is -2.09. The average Bonchev–Trinajstić information content (AvgIpc) is 2.95. The van der Waals surface area contributed by atoms with E-state index in [2.05, 4.69) is 10.4 Å². The largest absolute Gasteiger partial charge is 0.397 e. The molecule has 0 aliphatic carbocycles. The minimum Gasteiger partial charge on any atom is -0.397 e. The lowest BCUT2D eigenvalue weighted by Crippen LogP contribution is -2.34. The summed E-state index contributed by atoms with van der Waals surface area (Å²) in [5.41, 5.74) is 7.39. The third-order valence-electron chi connectivity index (χ3n) is 2.86. The van der Waals surface area contributed by atoms with Crippen molar-refractivity contribution < 1.29 is 14.6 Å². The Balaban J connectivity index is 2.03. The van der Waals surface area contributed by atoms with Crippen LogP contribution in [0.15, 0.2) is 36.5 Å². The van der Waals surface area contributed by atoms with Crippen LogP contribution in [0.2, 0.25) is 0 Å². The highest BCUT2D eigenvalue weighted by atomic mass is 16.5. The maximum Gasteiger partial charge on any atom is 0.271 e. The van der Waals surface area contributed by atoms with Gasteiger partial charge in [0.15, 0.2) is 5.69 Å². The second kappa shape index (κ2) is 6.87. The van der Waals surface area contributed by atoms with Crippen LogP contribution < -0.4 is 11.1 Å². The van der Waals surface area contributed by atoms with Crippen LogP contribution in [0.4, 0.5) is 5.69 Å². The van der Waals surface area contributed by atoms with Gasteiger partial charge in [-0.05, 0) is 18.2 Å². The van der Waals surface area contributed by atoms with Crippen molar-refractivity contribution in [1.29, 1.82) is 0 Å². The van der Waals surface area contributed by atoms with E-state index < -0.39 is 6.10 Å². The Morgan fingerprint density at radius 1 is 1.48 bits per heavy atom. The third kappa shape index (κ3) is 3.80. The number of aliphatic hydroxyl groups is 1. The molecule has 1 atom stereocenters. The van der Waals surface area contributed by atoms with Crippen LogP contribution in [0.1, 0.15) is 10.5 Å². The van der Waals surface area contributed by atoms with Crippen molar-refractivity contribution in [2.45, 2.75) is 6.10 Å². The number of methoxy groups -OCH3 is 1. The number of para-hydroxylation sites is 2. The third-order valence-corrected chi connectivity index (χ3v) is 2.86. The molecule has 112 valence electrons. The van der Waals surface area contributed by atoms with Gasteiger partial charge in [0.1, 0.15) is 0 Å². The molecule has 1 heterocycles. The molecule has 1 aromatic heterocycles. The molecule has 0 bridgehead atoms. The molecule has 1 unspecified atom stereocenters. The van der Waals surface area contributed by atoms with Crippen molar-refractivity contribution in [3.8, 4) is 5.69 Å². The molecule has 0 aliphatic heterocycles. The summed E-state index contributed by atoms with van der Waals surface area (Å²) in [6, 6.07) is 8.83. The smallest absolute Gasteiger partial charge is 0.271 e. The minimum absolute atomic E-state index is 0.104. The first kappa shape index (κ1) is 15.0. The first-order valence-corrected chi connectivity index (χ1v) is 6.47. The van der Waals surface area contributed by atoms with Gasteiger partial charge in [-0.25, -0.2) is 4.68 Å². The van der Waals surface area contributed by atoms with Crippen molar-refractivity contribution in [2.24, 2.45) is 0 Å². The van der Waals surface area contributed by atoms with Crippen LogP contribution in [-0.2, 0) is 4.74 Å². The summed E-state index contributed by atoms with van der Waals surface area (Å²) in [7, 11) is 1.48. The van der Waals surface area contributed by atoms with E-state index >= 15 is 0 Å². The molecule has 2 rings (SSSR count). The van der Waals surface area contributed by atoms with Crippen LogP contribution >= 0.6 is 0 Å². The quantitative estimate of drug-likeness (QED) is 0.659. The number of aliphatic hydroxyl groups excluding tert-OH is 1. The number of nitrogen functional groups attached to an aromatic ring is 1. The molecule has 7 heteroatoms. The summed E-state index contributed by atoms with van der Waals surface area (Å²) in [5.74, 6) is -0.363. The number of anilines is 1. The van der Waals surface area contributed by atoms with Gasteiger partial charge >= 0.3 is 0 Å². The Kier molecular flexibility index (Phi) is 4.91. The van der Waals surface area contributed by atoms with Crippen LogP contribution in [0, 0.1) is 0 Å². The van der Waals surface area contributed by atoms with Gasteiger partial charge in [0.25, 0.3) is 5.91 Å². The highest BCUT2D eigenvalue weighted by Crippen LogP contribution is 2.15. The molecule has 0 saturated heterocycles. The van der Waals surface area contributed by atoms with Crippen molar-refractivity contribution in [3.63, 3.8) is 0 Å². The molecule has 0 fully saturated rings. The van der Waals surface area contributed by atoms with E-state index in [9.17, 15) is 9.90 Å².